The molecule has 38 heavy (non-hydrogen) atoms. The Balaban J connectivity index is 1.30. The van der Waals surface area contributed by atoms with Crippen LogP contribution in [0.5, 0.6) is 5.75 Å². The first-order valence-electron chi connectivity index (χ1n) is 12.5. The van der Waals surface area contributed by atoms with Crippen LogP contribution in [-0.4, -0.2) is 44.3 Å². The fourth-order valence-corrected chi connectivity index (χ4v) is 5.37. The third-order valence-corrected chi connectivity index (χ3v) is 7.39. The summed E-state index contributed by atoms with van der Waals surface area (Å²) in [5.74, 6) is 0.314. The van der Waals surface area contributed by atoms with Crippen molar-refractivity contribution in [3.63, 3.8) is 0 Å². The molecule has 9 nitrogen and oxygen atoms in total. The van der Waals surface area contributed by atoms with Gasteiger partial charge in [0.25, 0.3) is 11.8 Å². The van der Waals surface area contributed by atoms with E-state index in [1.54, 1.807) is 16.8 Å². The highest BCUT2D eigenvalue weighted by atomic mass is 19.4. The van der Waals surface area contributed by atoms with Crippen LogP contribution in [0.3, 0.4) is 0 Å². The lowest BCUT2D eigenvalue weighted by molar-refractivity contribution is -0.153. The molecule has 0 unspecified atom stereocenters. The van der Waals surface area contributed by atoms with Crippen molar-refractivity contribution in [3.8, 4) is 5.75 Å². The van der Waals surface area contributed by atoms with E-state index in [1.807, 2.05) is 0 Å². The molecule has 1 fully saturated rings. The molecule has 1 aromatic carbocycles. The smallest absolute Gasteiger partial charge is 0.422 e. The number of nitrogens with one attached hydrogen (secondary N) is 2. The molecule has 2 N–H and O–H groups in total. The molecule has 0 bridgehead atoms. The average Bonchev–Trinajstić information content (AvgIpc) is 3.58. The van der Waals surface area contributed by atoms with E-state index >= 15 is 0 Å². The van der Waals surface area contributed by atoms with Crippen molar-refractivity contribution >= 4 is 17.6 Å². The maximum absolute atomic E-state index is 13.5. The summed E-state index contributed by atoms with van der Waals surface area (Å²) >= 11 is 0. The number of hydrogen-bond donors (Lipinski definition) is 2. The Kier molecular flexibility index (Phi) is 5.84. The lowest BCUT2D eigenvalue weighted by atomic mass is 9.82. The number of aryl methyl sites for hydroxylation is 2. The summed E-state index contributed by atoms with van der Waals surface area (Å²) in [7, 11) is 0. The Labute approximate surface area is 215 Å². The number of anilines is 1. The minimum atomic E-state index is -4.42. The molecule has 12 heteroatoms. The third kappa shape index (κ3) is 4.70. The number of ether oxygens (including phenoxy) is 1. The zero-order valence-corrected chi connectivity index (χ0v) is 20.3. The van der Waals surface area contributed by atoms with Crippen LogP contribution in [0, 0.1) is 5.92 Å². The normalized spacial score (nSPS) is 20.1. The quantitative estimate of drug-likeness (QED) is 0.485. The largest absolute Gasteiger partial charge is 0.484 e. The molecule has 0 saturated heterocycles. The molecule has 0 radical (unpaired) electrons. The highest BCUT2D eigenvalue weighted by molar-refractivity contribution is 6.09. The van der Waals surface area contributed by atoms with Crippen molar-refractivity contribution in [2.45, 2.75) is 56.8 Å². The lowest BCUT2D eigenvalue weighted by Crippen LogP contribution is -2.49. The summed E-state index contributed by atoms with van der Waals surface area (Å²) in [5, 5.41) is 10.8. The first-order chi connectivity index (χ1) is 18.2. The van der Waals surface area contributed by atoms with E-state index in [1.165, 1.54) is 37.6 Å². The Morgan fingerprint density at radius 3 is 2.76 bits per heavy atom. The number of aromatic nitrogens is 4. The minimum Gasteiger partial charge on any atom is -0.484 e. The molecular formula is C26H25F3N6O3. The molecule has 1 spiro atoms. The van der Waals surface area contributed by atoms with Gasteiger partial charge in [0.1, 0.15) is 23.5 Å². The van der Waals surface area contributed by atoms with Crippen LogP contribution < -0.4 is 15.4 Å². The second-order valence-electron chi connectivity index (χ2n) is 10.1. The van der Waals surface area contributed by atoms with E-state index in [9.17, 15) is 22.8 Å². The number of benzene rings is 1. The van der Waals surface area contributed by atoms with Gasteiger partial charge < -0.3 is 15.4 Å². The predicted octanol–water partition coefficient (Wildman–Crippen LogP) is 3.79. The number of carbonyl (C=O) groups excluding carboxylic acids is 2. The maximum Gasteiger partial charge on any atom is 0.422 e. The fourth-order valence-electron chi connectivity index (χ4n) is 5.37. The Morgan fingerprint density at radius 2 is 2.03 bits per heavy atom. The van der Waals surface area contributed by atoms with Crippen molar-refractivity contribution in [2.75, 3.05) is 11.9 Å². The number of hydrogen-bond acceptors (Lipinski definition) is 6. The summed E-state index contributed by atoms with van der Waals surface area (Å²) in [6.45, 7) is -0.797. The molecule has 1 aliphatic heterocycles. The predicted molar refractivity (Wildman–Crippen MR) is 129 cm³/mol. The first kappa shape index (κ1) is 24.4. The van der Waals surface area contributed by atoms with Gasteiger partial charge in [-0.25, -0.2) is 14.6 Å². The van der Waals surface area contributed by atoms with Crippen molar-refractivity contribution in [2.24, 2.45) is 5.92 Å². The van der Waals surface area contributed by atoms with Gasteiger partial charge in [-0.15, -0.1) is 0 Å². The Bertz CT molecular complexity index is 1400. The van der Waals surface area contributed by atoms with Crippen LogP contribution in [0.15, 0.2) is 36.9 Å². The monoisotopic (exact) mass is 526 g/mol. The molecule has 198 valence electrons. The summed E-state index contributed by atoms with van der Waals surface area (Å²) < 4.78 is 44.4. The van der Waals surface area contributed by atoms with Gasteiger partial charge in [-0.1, -0.05) is 18.9 Å². The number of rotatable bonds is 7. The lowest BCUT2D eigenvalue weighted by Gasteiger charge is -2.35. The molecule has 2 aromatic heterocycles. The molecule has 2 amide bonds. The van der Waals surface area contributed by atoms with Gasteiger partial charge in [0.05, 0.1) is 16.8 Å². The number of amides is 2. The summed E-state index contributed by atoms with van der Waals surface area (Å²) in [6.07, 6.45) is 4.49. The second kappa shape index (κ2) is 9.10. The van der Waals surface area contributed by atoms with Crippen molar-refractivity contribution < 1.29 is 27.5 Å². The van der Waals surface area contributed by atoms with Gasteiger partial charge in [0.15, 0.2) is 6.61 Å². The number of alkyl halides is 3. The zero-order chi connectivity index (χ0) is 26.5. The van der Waals surface area contributed by atoms with Crippen LogP contribution in [-0.2, 0) is 24.9 Å². The van der Waals surface area contributed by atoms with Gasteiger partial charge in [-0.2, -0.15) is 18.3 Å². The van der Waals surface area contributed by atoms with E-state index in [0.29, 0.717) is 48.8 Å². The number of halogens is 3. The molecule has 1 atom stereocenters. The highest BCUT2D eigenvalue weighted by Crippen LogP contribution is 2.44. The van der Waals surface area contributed by atoms with E-state index in [2.05, 4.69) is 20.6 Å². The summed E-state index contributed by atoms with van der Waals surface area (Å²) in [4.78, 5) is 34.2. The van der Waals surface area contributed by atoms with Gasteiger partial charge in [0, 0.05) is 25.4 Å². The van der Waals surface area contributed by atoms with Crippen LogP contribution in [0.4, 0.5) is 19.0 Å². The first-order valence-corrected chi connectivity index (χ1v) is 12.5. The molecule has 6 rings (SSSR count). The summed E-state index contributed by atoms with van der Waals surface area (Å²) in [5.41, 5.74) is 2.11. The molecule has 1 saturated carbocycles. The van der Waals surface area contributed by atoms with E-state index in [-0.39, 0.29) is 17.2 Å². The van der Waals surface area contributed by atoms with E-state index in [4.69, 9.17) is 9.84 Å². The van der Waals surface area contributed by atoms with Gasteiger partial charge >= 0.3 is 6.18 Å². The van der Waals surface area contributed by atoms with Crippen molar-refractivity contribution in [1.29, 1.82) is 0 Å². The standard InChI is InChI=1S/C26H25F3N6O3/c27-26(28,29)13-38-18-3-4-19-16(9-18)5-7-25(19)10-20-21(24(37)33-25)22(35(34-20)8-6-15-1-2-15)32-23(36)17-11-30-14-31-12-17/h3-4,9,11-12,14-15H,1-2,5-8,10,13H2,(H,32,36)(H,33,37)/t25-/m0/s1. The van der Waals surface area contributed by atoms with E-state index in [0.717, 1.165) is 17.5 Å². The third-order valence-electron chi connectivity index (χ3n) is 7.39. The SMILES string of the molecule is O=C(Nc1c2c(nn1CCC1CC1)C[C@]1(CCc3cc(OCC(F)(F)F)ccc31)NC2=O)c1cncnc1. The minimum absolute atomic E-state index is 0.139. The topological polar surface area (TPSA) is 111 Å². The maximum atomic E-state index is 13.5. The average molecular weight is 527 g/mol. The molecule has 3 aromatic rings. The highest BCUT2D eigenvalue weighted by Gasteiger charge is 2.46. The summed E-state index contributed by atoms with van der Waals surface area (Å²) in [6, 6.07) is 4.84. The van der Waals surface area contributed by atoms with Crippen LogP contribution in [0.2, 0.25) is 0 Å². The fraction of sp³-hybridized carbons (Fsp3) is 0.423. The van der Waals surface area contributed by atoms with E-state index < -0.39 is 24.2 Å². The number of fused-ring (bicyclic) bond motifs is 3. The number of nitrogens with zero attached hydrogens (tertiary/aromatic N) is 4. The van der Waals surface area contributed by atoms with Gasteiger partial charge in [-0.3, -0.25) is 9.59 Å². The van der Waals surface area contributed by atoms with Crippen molar-refractivity contribution in [3.05, 3.63) is 64.9 Å². The Hall–Kier alpha value is -3.96. The van der Waals surface area contributed by atoms with Crippen LogP contribution in [0.25, 0.3) is 0 Å². The van der Waals surface area contributed by atoms with Crippen LogP contribution in [0.1, 0.15) is 63.2 Å². The van der Waals surface area contributed by atoms with Crippen LogP contribution >= 0.6 is 0 Å². The molecule has 3 aliphatic rings. The Morgan fingerprint density at radius 1 is 1.24 bits per heavy atom. The molecule has 2 aliphatic carbocycles. The van der Waals surface area contributed by atoms with Gasteiger partial charge in [0.2, 0.25) is 0 Å². The molecular weight excluding hydrogens is 501 g/mol. The number of carbonyl (C=O) groups is 2. The molecule has 3 heterocycles. The zero-order valence-electron chi connectivity index (χ0n) is 20.3. The second-order valence-corrected chi connectivity index (χ2v) is 10.1. The van der Waals surface area contributed by atoms with Gasteiger partial charge in [-0.05, 0) is 48.4 Å². The van der Waals surface area contributed by atoms with Crippen molar-refractivity contribution in [1.82, 2.24) is 25.1 Å².